The molecule has 0 aliphatic heterocycles. The second-order valence-electron chi connectivity index (χ2n) is 4.65. The maximum absolute atomic E-state index is 12.6. The number of benzene rings is 2. The van der Waals surface area contributed by atoms with Crippen molar-refractivity contribution >= 4 is 22.4 Å². The number of hydrogen-bond acceptors (Lipinski definition) is 1. The van der Waals surface area contributed by atoms with Crippen LogP contribution >= 0.6 is 11.6 Å². The maximum atomic E-state index is 12.6. The van der Waals surface area contributed by atoms with Crippen LogP contribution < -0.4 is 0 Å². The number of alkyl halides is 4. The first-order chi connectivity index (χ1) is 9.49. The SMILES string of the molecule is FC(F)(F)CN(CCCl)Cc1cccc2ccccc12. The second kappa shape index (κ2) is 6.46. The van der Waals surface area contributed by atoms with Crippen molar-refractivity contribution in [1.29, 1.82) is 0 Å². The molecule has 0 aliphatic carbocycles. The lowest BCUT2D eigenvalue weighted by Crippen LogP contribution is -2.35. The first-order valence-electron chi connectivity index (χ1n) is 6.31. The molecule has 0 aromatic heterocycles. The lowest BCUT2D eigenvalue weighted by molar-refractivity contribution is -0.146. The molecule has 0 saturated heterocycles. The van der Waals surface area contributed by atoms with Crippen molar-refractivity contribution in [3.8, 4) is 0 Å². The molecule has 0 amide bonds. The smallest absolute Gasteiger partial charge is 0.289 e. The average molecular weight is 302 g/mol. The second-order valence-corrected chi connectivity index (χ2v) is 5.03. The normalized spacial score (nSPS) is 12.2. The van der Waals surface area contributed by atoms with Crippen molar-refractivity contribution < 1.29 is 13.2 Å². The molecule has 2 rings (SSSR count). The quantitative estimate of drug-likeness (QED) is 0.738. The molecular weight excluding hydrogens is 287 g/mol. The Kier molecular flexibility index (Phi) is 4.89. The molecule has 0 N–H and O–H groups in total. The van der Waals surface area contributed by atoms with Crippen LogP contribution in [0, 0.1) is 0 Å². The Morgan fingerprint density at radius 3 is 2.40 bits per heavy atom. The summed E-state index contributed by atoms with van der Waals surface area (Å²) in [6, 6.07) is 13.4. The van der Waals surface area contributed by atoms with Gasteiger partial charge in [0, 0.05) is 19.0 Å². The minimum absolute atomic E-state index is 0.181. The van der Waals surface area contributed by atoms with E-state index in [-0.39, 0.29) is 19.0 Å². The van der Waals surface area contributed by atoms with Gasteiger partial charge in [-0.3, -0.25) is 4.90 Å². The molecule has 20 heavy (non-hydrogen) atoms. The van der Waals surface area contributed by atoms with Crippen molar-refractivity contribution in [3.05, 3.63) is 48.0 Å². The van der Waals surface area contributed by atoms with E-state index in [1.165, 1.54) is 4.90 Å². The highest BCUT2D eigenvalue weighted by Gasteiger charge is 2.30. The molecule has 2 aromatic rings. The molecule has 108 valence electrons. The molecule has 0 saturated carbocycles. The van der Waals surface area contributed by atoms with Crippen LogP contribution in [0.5, 0.6) is 0 Å². The van der Waals surface area contributed by atoms with E-state index < -0.39 is 12.7 Å². The monoisotopic (exact) mass is 301 g/mol. The van der Waals surface area contributed by atoms with Crippen LogP contribution in [0.3, 0.4) is 0 Å². The van der Waals surface area contributed by atoms with E-state index in [1.807, 2.05) is 42.5 Å². The summed E-state index contributed by atoms with van der Waals surface area (Å²) >= 11 is 5.60. The molecular formula is C15H15ClF3N. The highest BCUT2D eigenvalue weighted by molar-refractivity contribution is 6.18. The van der Waals surface area contributed by atoms with Crippen LogP contribution in [-0.4, -0.2) is 30.0 Å². The van der Waals surface area contributed by atoms with Gasteiger partial charge in [-0.25, -0.2) is 0 Å². The highest BCUT2D eigenvalue weighted by Crippen LogP contribution is 2.22. The van der Waals surface area contributed by atoms with E-state index >= 15 is 0 Å². The zero-order valence-electron chi connectivity index (χ0n) is 10.8. The summed E-state index contributed by atoms with van der Waals surface area (Å²) in [5.41, 5.74) is 0.887. The van der Waals surface area contributed by atoms with Crippen molar-refractivity contribution in [2.45, 2.75) is 12.7 Å². The molecule has 0 spiro atoms. The van der Waals surface area contributed by atoms with Crippen LogP contribution in [0.4, 0.5) is 13.2 Å². The number of hydrogen-bond donors (Lipinski definition) is 0. The number of halogens is 4. The van der Waals surface area contributed by atoms with Gasteiger partial charge < -0.3 is 0 Å². The first kappa shape index (κ1) is 15.1. The van der Waals surface area contributed by atoms with Crippen LogP contribution in [0.2, 0.25) is 0 Å². The lowest BCUT2D eigenvalue weighted by Gasteiger charge is -2.23. The van der Waals surface area contributed by atoms with Crippen LogP contribution in [0.1, 0.15) is 5.56 Å². The zero-order chi connectivity index (χ0) is 14.6. The molecule has 2 aromatic carbocycles. The number of rotatable bonds is 5. The van der Waals surface area contributed by atoms with Gasteiger partial charge in [0.25, 0.3) is 0 Å². The van der Waals surface area contributed by atoms with Crippen molar-refractivity contribution in [2.75, 3.05) is 19.0 Å². The summed E-state index contributed by atoms with van der Waals surface area (Å²) in [5.74, 6) is 0.181. The summed E-state index contributed by atoms with van der Waals surface area (Å²) < 4.78 is 37.7. The Hall–Kier alpha value is -1.26. The van der Waals surface area contributed by atoms with Crippen LogP contribution in [0.15, 0.2) is 42.5 Å². The fourth-order valence-corrected chi connectivity index (χ4v) is 2.50. The molecule has 5 heteroatoms. The predicted molar refractivity (Wildman–Crippen MR) is 76.0 cm³/mol. The third-order valence-corrected chi connectivity index (χ3v) is 3.25. The maximum Gasteiger partial charge on any atom is 0.401 e. The van der Waals surface area contributed by atoms with Crippen molar-refractivity contribution in [3.63, 3.8) is 0 Å². The molecule has 0 radical (unpaired) electrons. The van der Waals surface area contributed by atoms with Gasteiger partial charge in [0.2, 0.25) is 0 Å². The van der Waals surface area contributed by atoms with E-state index in [2.05, 4.69) is 0 Å². The summed E-state index contributed by atoms with van der Waals surface area (Å²) in [7, 11) is 0. The first-order valence-corrected chi connectivity index (χ1v) is 6.85. The van der Waals surface area contributed by atoms with Gasteiger partial charge in [0.15, 0.2) is 0 Å². The average Bonchev–Trinajstić information content (AvgIpc) is 2.37. The minimum atomic E-state index is -4.21. The molecule has 0 fully saturated rings. The van der Waals surface area contributed by atoms with E-state index in [4.69, 9.17) is 11.6 Å². The number of fused-ring (bicyclic) bond motifs is 1. The van der Waals surface area contributed by atoms with Gasteiger partial charge >= 0.3 is 6.18 Å². The van der Waals surface area contributed by atoms with E-state index in [0.29, 0.717) is 0 Å². The fraction of sp³-hybridized carbons (Fsp3) is 0.333. The van der Waals surface area contributed by atoms with Gasteiger partial charge in [0.05, 0.1) is 6.54 Å². The van der Waals surface area contributed by atoms with Crippen molar-refractivity contribution in [1.82, 2.24) is 4.90 Å². The van der Waals surface area contributed by atoms with Gasteiger partial charge in [-0.1, -0.05) is 42.5 Å². The molecule has 0 aliphatic rings. The van der Waals surface area contributed by atoms with Crippen molar-refractivity contribution in [2.24, 2.45) is 0 Å². The third kappa shape index (κ3) is 4.12. The van der Waals surface area contributed by atoms with Gasteiger partial charge in [-0.15, -0.1) is 11.6 Å². The Labute approximate surface area is 120 Å². The predicted octanol–water partition coefficient (Wildman–Crippen LogP) is 4.44. The largest absolute Gasteiger partial charge is 0.401 e. The third-order valence-electron chi connectivity index (χ3n) is 3.08. The van der Waals surface area contributed by atoms with Gasteiger partial charge in [0.1, 0.15) is 0 Å². The number of nitrogens with zero attached hydrogens (tertiary/aromatic N) is 1. The topological polar surface area (TPSA) is 3.24 Å². The molecule has 0 atom stereocenters. The molecule has 0 heterocycles. The lowest BCUT2D eigenvalue weighted by atomic mass is 10.0. The Morgan fingerprint density at radius 1 is 1.00 bits per heavy atom. The zero-order valence-corrected chi connectivity index (χ0v) is 11.6. The molecule has 0 unspecified atom stereocenters. The van der Waals surface area contributed by atoms with Gasteiger partial charge in [-0.05, 0) is 16.3 Å². The minimum Gasteiger partial charge on any atom is -0.289 e. The highest BCUT2D eigenvalue weighted by atomic mass is 35.5. The van der Waals surface area contributed by atoms with E-state index in [9.17, 15) is 13.2 Å². The molecule has 0 bridgehead atoms. The van der Waals surface area contributed by atoms with E-state index in [1.54, 1.807) is 0 Å². The molecule has 1 nitrogen and oxygen atoms in total. The summed E-state index contributed by atoms with van der Waals surface area (Å²) in [4.78, 5) is 1.33. The van der Waals surface area contributed by atoms with E-state index in [0.717, 1.165) is 16.3 Å². The fourth-order valence-electron chi connectivity index (χ4n) is 2.26. The standard InChI is InChI=1S/C15H15ClF3N/c16-8-9-20(11-15(17,18)19)10-13-6-3-5-12-4-1-2-7-14(12)13/h1-7H,8-11H2. The van der Waals surface area contributed by atoms with Gasteiger partial charge in [-0.2, -0.15) is 13.2 Å². The summed E-state index contributed by atoms with van der Waals surface area (Å²) in [6.45, 7) is -0.485. The summed E-state index contributed by atoms with van der Waals surface area (Å²) in [5, 5.41) is 2.01. The Balaban J connectivity index is 2.24. The Bertz CT molecular complexity index is 563. The summed E-state index contributed by atoms with van der Waals surface area (Å²) in [6.07, 6.45) is -4.21. The Morgan fingerprint density at radius 2 is 1.70 bits per heavy atom. The van der Waals surface area contributed by atoms with Crippen LogP contribution in [-0.2, 0) is 6.54 Å². The van der Waals surface area contributed by atoms with Crippen LogP contribution in [0.25, 0.3) is 10.8 Å².